The number of benzene rings is 1. The van der Waals surface area contributed by atoms with Crippen molar-refractivity contribution < 1.29 is 5.11 Å². The highest BCUT2D eigenvalue weighted by molar-refractivity contribution is 5.26. The van der Waals surface area contributed by atoms with Crippen LogP contribution in [-0.2, 0) is 6.42 Å². The molecule has 0 saturated carbocycles. The van der Waals surface area contributed by atoms with Gasteiger partial charge < -0.3 is 5.11 Å². The van der Waals surface area contributed by atoms with Crippen molar-refractivity contribution in [3.8, 4) is 5.75 Å². The van der Waals surface area contributed by atoms with Crippen LogP contribution in [0.3, 0.4) is 0 Å². The molecule has 1 nitrogen and oxygen atoms in total. The fraction of sp³-hybridized carbons (Fsp3) is 0.667. The maximum atomic E-state index is 9.36. The van der Waals surface area contributed by atoms with E-state index in [1.807, 2.05) is 12.1 Å². The summed E-state index contributed by atoms with van der Waals surface area (Å²) in [5, 5.41) is 9.36. The highest BCUT2D eigenvalue weighted by Crippen LogP contribution is 2.36. The zero-order chi connectivity index (χ0) is 14.7. The highest BCUT2D eigenvalue weighted by atomic mass is 16.3. The van der Waals surface area contributed by atoms with Crippen LogP contribution in [0, 0.1) is 16.7 Å². The SMILES string of the molecule is CC(C)(C)CCC(Cc1ccc(O)cc1)C(C)(C)C. The molecule has 1 atom stereocenters. The second kappa shape index (κ2) is 5.98. The molecule has 0 heterocycles. The Morgan fingerprint density at radius 1 is 0.947 bits per heavy atom. The molecule has 0 spiro atoms. The van der Waals surface area contributed by atoms with E-state index in [0.29, 0.717) is 22.5 Å². The van der Waals surface area contributed by atoms with E-state index >= 15 is 0 Å². The summed E-state index contributed by atoms with van der Waals surface area (Å²) in [6.07, 6.45) is 3.61. The van der Waals surface area contributed by atoms with E-state index in [1.165, 1.54) is 18.4 Å². The standard InChI is InChI=1S/C18H30O/c1-17(2,3)12-11-15(18(4,5)6)13-14-7-9-16(19)10-8-14/h7-10,15,19H,11-13H2,1-6H3. The van der Waals surface area contributed by atoms with E-state index in [-0.39, 0.29) is 0 Å². The molecule has 1 aromatic carbocycles. The molecule has 108 valence electrons. The smallest absolute Gasteiger partial charge is 0.115 e. The van der Waals surface area contributed by atoms with Crippen LogP contribution in [0.2, 0.25) is 0 Å². The Balaban J connectivity index is 2.73. The van der Waals surface area contributed by atoms with E-state index in [1.54, 1.807) is 12.1 Å². The Bertz CT molecular complexity index is 376. The summed E-state index contributed by atoms with van der Waals surface area (Å²) >= 11 is 0. The second-order valence-electron chi connectivity index (χ2n) is 8.03. The molecular formula is C18H30O. The van der Waals surface area contributed by atoms with Crippen LogP contribution in [0.5, 0.6) is 5.75 Å². The van der Waals surface area contributed by atoms with Gasteiger partial charge in [-0.15, -0.1) is 0 Å². The van der Waals surface area contributed by atoms with Gasteiger partial charge in [-0.3, -0.25) is 0 Å². The van der Waals surface area contributed by atoms with E-state index < -0.39 is 0 Å². The lowest BCUT2D eigenvalue weighted by Crippen LogP contribution is -2.24. The summed E-state index contributed by atoms with van der Waals surface area (Å²) in [7, 11) is 0. The molecule has 0 aliphatic carbocycles. The molecule has 0 radical (unpaired) electrons. The van der Waals surface area contributed by atoms with Gasteiger partial charge in [0, 0.05) is 0 Å². The molecule has 19 heavy (non-hydrogen) atoms. The lowest BCUT2D eigenvalue weighted by atomic mass is 9.72. The monoisotopic (exact) mass is 262 g/mol. The van der Waals surface area contributed by atoms with Gasteiger partial charge in [-0.1, -0.05) is 53.7 Å². The molecule has 1 heteroatoms. The minimum absolute atomic E-state index is 0.323. The summed E-state index contributed by atoms with van der Waals surface area (Å²) < 4.78 is 0. The first-order chi connectivity index (χ1) is 8.58. The van der Waals surface area contributed by atoms with Gasteiger partial charge in [-0.25, -0.2) is 0 Å². The quantitative estimate of drug-likeness (QED) is 0.767. The summed E-state index contributed by atoms with van der Waals surface area (Å²) in [5.74, 6) is 1.03. The Kier molecular flexibility index (Phi) is 5.06. The second-order valence-corrected chi connectivity index (χ2v) is 8.03. The summed E-state index contributed by atoms with van der Waals surface area (Å²) in [6, 6.07) is 7.67. The molecule has 0 saturated heterocycles. The van der Waals surface area contributed by atoms with E-state index in [9.17, 15) is 5.11 Å². The predicted molar refractivity (Wildman–Crippen MR) is 83.4 cm³/mol. The van der Waals surface area contributed by atoms with Crippen LogP contribution in [0.25, 0.3) is 0 Å². The highest BCUT2D eigenvalue weighted by Gasteiger charge is 2.26. The molecule has 0 aliphatic rings. The molecule has 1 N–H and O–H groups in total. The summed E-state index contributed by atoms with van der Waals surface area (Å²) in [4.78, 5) is 0. The van der Waals surface area contributed by atoms with Crippen molar-refractivity contribution >= 4 is 0 Å². The van der Waals surface area contributed by atoms with Gasteiger partial charge in [-0.05, 0) is 53.7 Å². The van der Waals surface area contributed by atoms with Crippen LogP contribution in [-0.4, -0.2) is 5.11 Å². The van der Waals surface area contributed by atoms with Gasteiger partial charge in [0.25, 0.3) is 0 Å². The Morgan fingerprint density at radius 2 is 1.47 bits per heavy atom. The number of rotatable bonds is 4. The number of hydrogen-bond donors (Lipinski definition) is 1. The lowest BCUT2D eigenvalue weighted by molar-refractivity contribution is 0.195. The summed E-state index contributed by atoms with van der Waals surface area (Å²) in [5.41, 5.74) is 2.05. The van der Waals surface area contributed by atoms with Gasteiger partial charge >= 0.3 is 0 Å². The van der Waals surface area contributed by atoms with Crippen molar-refractivity contribution in [1.82, 2.24) is 0 Å². The molecule has 0 fully saturated rings. The average Bonchev–Trinajstić information content (AvgIpc) is 2.23. The zero-order valence-corrected chi connectivity index (χ0v) is 13.5. The fourth-order valence-electron chi connectivity index (χ4n) is 2.37. The molecule has 0 aromatic heterocycles. The Labute approximate surface area is 119 Å². The van der Waals surface area contributed by atoms with Crippen LogP contribution < -0.4 is 0 Å². The van der Waals surface area contributed by atoms with Gasteiger partial charge in [0.1, 0.15) is 5.75 Å². The minimum Gasteiger partial charge on any atom is -0.508 e. The van der Waals surface area contributed by atoms with Gasteiger partial charge in [0.05, 0.1) is 0 Å². The van der Waals surface area contributed by atoms with E-state index in [0.717, 1.165) is 6.42 Å². The van der Waals surface area contributed by atoms with Crippen molar-refractivity contribution in [3.05, 3.63) is 29.8 Å². The molecule has 0 amide bonds. The van der Waals surface area contributed by atoms with E-state index in [4.69, 9.17) is 0 Å². The maximum absolute atomic E-state index is 9.36. The third-order valence-electron chi connectivity index (χ3n) is 3.89. The number of aromatic hydroxyl groups is 1. The zero-order valence-electron chi connectivity index (χ0n) is 13.5. The minimum atomic E-state index is 0.323. The van der Waals surface area contributed by atoms with Crippen molar-refractivity contribution in [2.75, 3.05) is 0 Å². The Morgan fingerprint density at radius 3 is 1.89 bits per heavy atom. The van der Waals surface area contributed by atoms with Gasteiger partial charge in [0.2, 0.25) is 0 Å². The maximum Gasteiger partial charge on any atom is 0.115 e. The topological polar surface area (TPSA) is 20.2 Å². The largest absolute Gasteiger partial charge is 0.508 e. The molecule has 1 rings (SSSR count). The number of hydrogen-bond acceptors (Lipinski definition) is 1. The van der Waals surface area contributed by atoms with Gasteiger partial charge in [-0.2, -0.15) is 0 Å². The molecule has 1 aromatic rings. The van der Waals surface area contributed by atoms with Crippen molar-refractivity contribution in [2.45, 2.75) is 60.8 Å². The van der Waals surface area contributed by atoms with Crippen LogP contribution in [0.4, 0.5) is 0 Å². The van der Waals surface area contributed by atoms with Gasteiger partial charge in [0.15, 0.2) is 0 Å². The molecule has 0 aliphatic heterocycles. The van der Waals surface area contributed by atoms with Crippen LogP contribution in [0.1, 0.15) is 59.9 Å². The Hall–Kier alpha value is -0.980. The molecule has 1 unspecified atom stereocenters. The molecular weight excluding hydrogens is 232 g/mol. The van der Waals surface area contributed by atoms with E-state index in [2.05, 4.69) is 41.5 Å². The third kappa shape index (κ3) is 6.13. The van der Waals surface area contributed by atoms with Crippen molar-refractivity contribution in [1.29, 1.82) is 0 Å². The number of phenols is 1. The molecule has 0 bridgehead atoms. The number of phenolic OH excluding ortho intramolecular Hbond substituents is 1. The third-order valence-corrected chi connectivity index (χ3v) is 3.89. The lowest BCUT2D eigenvalue weighted by Gasteiger charge is -2.33. The van der Waals surface area contributed by atoms with Crippen molar-refractivity contribution in [2.24, 2.45) is 16.7 Å². The fourth-order valence-corrected chi connectivity index (χ4v) is 2.37. The first-order valence-electron chi connectivity index (χ1n) is 7.36. The van der Waals surface area contributed by atoms with Crippen LogP contribution >= 0.6 is 0 Å². The predicted octanol–water partition coefficient (Wildman–Crippen LogP) is 5.42. The first-order valence-corrected chi connectivity index (χ1v) is 7.36. The summed E-state index contributed by atoms with van der Waals surface area (Å²) in [6.45, 7) is 13.9. The average molecular weight is 262 g/mol. The first kappa shape index (κ1) is 16.1. The van der Waals surface area contributed by atoms with Crippen molar-refractivity contribution in [3.63, 3.8) is 0 Å². The normalized spacial score (nSPS) is 14.4. The van der Waals surface area contributed by atoms with Crippen LogP contribution in [0.15, 0.2) is 24.3 Å².